The van der Waals surface area contributed by atoms with E-state index in [1.807, 2.05) is 30.3 Å². The maximum absolute atomic E-state index is 10.7. The SMILES string of the molecule is CC(C)c1ccccc1C1C=CC=C1.F[P-](F)(F)(F)(F)F.[Fe+2].c1cc[cH-]c1. The van der Waals surface area contributed by atoms with Crippen LogP contribution in [-0.2, 0) is 17.1 Å². The zero-order chi connectivity index (χ0) is 19.9. The van der Waals surface area contributed by atoms with E-state index in [4.69, 9.17) is 0 Å². The van der Waals surface area contributed by atoms with E-state index >= 15 is 0 Å². The number of rotatable bonds is 2. The van der Waals surface area contributed by atoms with Gasteiger partial charge in [0.25, 0.3) is 0 Å². The molecule has 8 heteroatoms. The quantitative estimate of drug-likeness (QED) is 0.186. The van der Waals surface area contributed by atoms with Gasteiger partial charge in [-0.25, -0.2) is 12.1 Å². The average Bonchev–Trinajstić information content (AvgIpc) is 3.20. The van der Waals surface area contributed by atoms with Gasteiger partial charge in [0.2, 0.25) is 0 Å². The summed E-state index contributed by atoms with van der Waals surface area (Å²) in [4.78, 5) is 0. The molecule has 0 nitrogen and oxygen atoms in total. The molecule has 3 rings (SSSR count). The first kappa shape index (κ1) is 25.6. The summed E-state index contributed by atoms with van der Waals surface area (Å²) in [5.41, 5.74) is 2.92. The molecule has 27 heavy (non-hydrogen) atoms. The molecule has 2 aromatic carbocycles. The van der Waals surface area contributed by atoms with Crippen molar-refractivity contribution >= 4 is 7.81 Å². The summed E-state index contributed by atoms with van der Waals surface area (Å²) in [6.07, 6.45) is 8.76. The summed E-state index contributed by atoms with van der Waals surface area (Å²) in [6, 6.07) is 18.7. The van der Waals surface area contributed by atoms with Crippen molar-refractivity contribution in [3.63, 3.8) is 0 Å². The molecule has 152 valence electrons. The molecule has 0 saturated carbocycles. The first-order chi connectivity index (χ1) is 11.7. The molecule has 0 radical (unpaired) electrons. The topological polar surface area (TPSA) is 0 Å². The first-order valence-electron chi connectivity index (χ1n) is 7.91. The number of allylic oxidation sites excluding steroid dienone is 4. The van der Waals surface area contributed by atoms with Gasteiger partial charge in [0.15, 0.2) is 0 Å². The molecule has 0 aliphatic heterocycles. The molecule has 0 heterocycles. The molecule has 2 aromatic rings. The van der Waals surface area contributed by atoms with E-state index in [-0.39, 0.29) is 17.1 Å². The number of benzene rings is 1. The van der Waals surface area contributed by atoms with Crippen LogP contribution in [0.15, 0.2) is 78.9 Å². The molecule has 1 aliphatic carbocycles. The zero-order valence-corrected chi connectivity index (χ0v) is 16.7. The Balaban J connectivity index is 0.000000437. The Morgan fingerprint density at radius 2 is 1.26 bits per heavy atom. The zero-order valence-electron chi connectivity index (χ0n) is 14.7. The Bertz CT molecular complexity index is 690. The molecule has 0 atom stereocenters. The molecule has 0 saturated heterocycles. The third-order valence-electron chi connectivity index (χ3n) is 3.28. The normalized spacial score (nSPS) is 15.6. The van der Waals surface area contributed by atoms with Gasteiger partial charge in [-0.15, -0.1) is 0 Å². The summed E-state index contributed by atoms with van der Waals surface area (Å²) in [5, 5.41) is 0. The van der Waals surface area contributed by atoms with Crippen LogP contribution in [0.3, 0.4) is 0 Å². The summed E-state index contributed by atoms with van der Waals surface area (Å²) in [6.45, 7) is 4.50. The maximum Gasteiger partial charge on any atom is 2.00 e. The third-order valence-corrected chi connectivity index (χ3v) is 3.28. The number of hydrogen-bond acceptors (Lipinski definition) is 0. The van der Waals surface area contributed by atoms with Crippen molar-refractivity contribution in [3.8, 4) is 0 Å². The number of halogens is 6. The second-order valence-electron chi connectivity index (χ2n) is 6.00. The van der Waals surface area contributed by atoms with Gasteiger partial charge in [-0.2, -0.15) is 18.2 Å². The Hall–Kier alpha value is -1.42. The van der Waals surface area contributed by atoms with Gasteiger partial charge in [0.1, 0.15) is 0 Å². The van der Waals surface area contributed by atoms with Crippen molar-refractivity contribution < 1.29 is 42.3 Å². The predicted molar refractivity (Wildman–Crippen MR) is 97.2 cm³/mol. The van der Waals surface area contributed by atoms with Crippen LogP contribution in [0, 0.1) is 0 Å². The second kappa shape index (κ2) is 9.18. The molecule has 0 amide bonds. The van der Waals surface area contributed by atoms with Crippen LogP contribution >= 0.6 is 7.81 Å². The average molecular weight is 450 g/mol. The second-order valence-corrected chi connectivity index (χ2v) is 7.92. The van der Waals surface area contributed by atoms with Crippen LogP contribution < -0.4 is 0 Å². The fraction of sp³-hybridized carbons (Fsp3) is 0.211. The van der Waals surface area contributed by atoms with Crippen molar-refractivity contribution in [2.75, 3.05) is 0 Å². The van der Waals surface area contributed by atoms with Crippen molar-refractivity contribution in [1.29, 1.82) is 0 Å². The van der Waals surface area contributed by atoms with Crippen LogP contribution in [0.2, 0.25) is 0 Å². The minimum absolute atomic E-state index is 0. The Kier molecular flexibility index (Phi) is 8.70. The summed E-state index contributed by atoms with van der Waals surface area (Å²) >= 11 is 0. The Morgan fingerprint density at radius 1 is 0.815 bits per heavy atom. The van der Waals surface area contributed by atoms with E-state index in [0.717, 1.165) is 0 Å². The van der Waals surface area contributed by atoms with Crippen LogP contribution in [0.5, 0.6) is 0 Å². The van der Waals surface area contributed by atoms with Crippen molar-refractivity contribution in [1.82, 2.24) is 0 Å². The van der Waals surface area contributed by atoms with E-state index in [1.165, 1.54) is 11.1 Å². The van der Waals surface area contributed by atoms with Gasteiger partial charge in [0, 0.05) is 5.92 Å². The predicted octanol–water partition coefficient (Wildman–Crippen LogP) is 8.80. The Labute approximate surface area is 166 Å². The van der Waals surface area contributed by atoms with E-state index < -0.39 is 7.81 Å². The summed E-state index contributed by atoms with van der Waals surface area (Å²) < 4.78 is 59.2. The Morgan fingerprint density at radius 3 is 1.63 bits per heavy atom. The largest absolute Gasteiger partial charge is 2.00 e. The summed E-state index contributed by atoms with van der Waals surface area (Å²) in [5.74, 6) is 1.10. The molecule has 0 fully saturated rings. The van der Waals surface area contributed by atoms with Gasteiger partial charge >= 0.3 is 50.1 Å². The van der Waals surface area contributed by atoms with Gasteiger partial charge in [0.05, 0.1) is 0 Å². The summed E-state index contributed by atoms with van der Waals surface area (Å²) in [7, 11) is -10.7. The van der Waals surface area contributed by atoms with Gasteiger partial charge in [-0.05, 0) is 17.0 Å². The molecular formula is C19H21F6FeP. The first-order valence-corrected chi connectivity index (χ1v) is 9.94. The van der Waals surface area contributed by atoms with Crippen molar-refractivity contribution in [3.05, 3.63) is 90.0 Å². The molecule has 0 aromatic heterocycles. The van der Waals surface area contributed by atoms with Crippen LogP contribution in [0.4, 0.5) is 25.2 Å². The third kappa shape index (κ3) is 14.3. The smallest absolute Gasteiger partial charge is 0.214 e. The van der Waals surface area contributed by atoms with E-state index in [1.54, 1.807) is 0 Å². The van der Waals surface area contributed by atoms with E-state index in [2.05, 4.69) is 62.4 Å². The van der Waals surface area contributed by atoms with Gasteiger partial charge < -0.3 is 0 Å². The number of hydrogen-bond donors (Lipinski definition) is 0. The van der Waals surface area contributed by atoms with Crippen LogP contribution in [0.1, 0.15) is 36.8 Å². The van der Waals surface area contributed by atoms with Crippen LogP contribution in [0.25, 0.3) is 0 Å². The van der Waals surface area contributed by atoms with E-state index in [9.17, 15) is 25.2 Å². The van der Waals surface area contributed by atoms with Crippen LogP contribution in [-0.4, -0.2) is 0 Å². The minimum atomic E-state index is -10.7. The minimum Gasteiger partial charge on any atom is -0.214 e. The molecule has 0 N–H and O–H groups in total. The van der Waals surface area contributed by atoms with Crippen molar-refractivity contribution in [2.24, 2.45) is 0 Å². The standard InChI is InChI=1S/C14H16.C5H5.F6P.Fe/c1-11(2)13-9-5-6-10-14(13)12-7-3-4-8-12;1-2-4-5-3-1;1-7(2,3,4,5)6;/h3-12H,1-2H3;1-5H;;/q;2*-1;+2. The fourth-order valence-electron chi connectivity index (χ4n) is 2.30. The van der Waals surface area contributed by atoms with E-state index in [0.29, 0.717) is 11.8 Å². The fourth-order valence-corrected chi connectivity index (χ4v) is 2.30. The maximum atomic E-state index is 9.87. The monoisotopic (exact) mass is 450 g/mol. The molecule has 0 bridgehead atoms. The van der Waals surface area contributed by atoms with Crippen molar-refractivity contribution in [2.45, 2.75) is 25.7 Å². The molecular weight excluding hydrogens is 429 g/mol. The molecule has 0 unspecified atom stereocenters. The van der Waals surface area contributed by atoms with Gasteiger partial charge in [-0.1, -0.05) is 62.4 Å². The molecule has 0 spiro atoms. The van der Waals surface area contributed by atoms with Gasteiger partial charge in [-0.3, -0.25) is 0 Å². The molecule has 1 aliphatic rings.